The number of aromatic nitrogens is 3. The average Bonchev–Trinajstić information content (AvgIpc) is 3.22. The predicted octanol–water partition coefficient (Wildman–Crippen LogP) is 3.47. The summed E-state index contributed by atoms with van der Waals surface area (Å²) in [5, 5.41) is 7.06. The van der Waals surface area contributed by atoms with Crippen molar-refractivity contribution in [1.82, 2.24) is 20.0 Å². The molecule has 0 N–H and O–H groups in total. The van der Waals surface area contributed by atoms with E-state index >= 15 is 0 Å². The largest absolute Gasteiger partial charge is 0.339 e. The SMILES string of the molecule is CCCc1noc(CCC(=O)N2CCCCC2c2nc(C)cs2)n1. The molecule has 2 aromatic rings. The van der Waals surface area contributed by atoms with E-state index in [0.717, 1.165) is 55.2 Å². The van der Waals surface area contributed by atoms with E-state index in [1.54, 1.807) is 11.3 Å². The Labute approximate surface area is 146 Å². The third-order valence-corrected chi connectivity index (χ3v) is 5.35. The van der Waals surface area contributed by atoms with E-state index in [2.05, 4.69) is 27.4 Å². The normalized spacial score (nSPS) is 18.1. The van der Waals surface area contributed by atoms with Gasteiger partial charge in [0.1, 0.15) is 5.01 Å². The lowest BCUT2D eigenvalue weighted by Gasteiger charge is -2.34. The maximum absolute atomic E-state index is 12.7. The van der Waals surface area contributed by atoms with Gasteiger partial charge in [0.15, 0.2) is 5.82 Å². The summed E-state index contributed by atoms with van der Waals surface area (Å²) in [5.41, 5.74) is 1.03. The van der Waals surface area contributed by atoms with E-state index in [0.29, 0.717) is 18.7 Å². The molecule has 0 radical (unpaired) electrons. The molecule has 1 unspecified atom stereocenters. The second-order valence-electron chi connectivity index (χ2n) is 6.28. The first kappa shape index (κ1) is 17.1. The summed E-state index contributed by atoms with van der Waals surface area (Å²) in [6.07, 6.45) is 5.94. The number of thiazole rings is 1. The maximum atomic E-state index is 12.7. The third-order valence-electron chi connectivity index (χ3n) is 4.28. The van der Waals surface area contributed by atoms with Crippen molar-refractivity contribution in [2.24, 2.45) is 0 Å². The number of hydrogen-bond donors (Lipinski definition) is 0. The second-order valence-corrected chi connectivity index (χ2v) is 7.17. The minimum atomic E-state index is 0.128. The molecule has 0 spiro atoms. The highest BCUT2D eigenvalue weighted by Gasteiger charge is 2.29. The Balaban J connectivity index is 1.61. The van der Waals surface area contributed by atoms with Gasteiger partial charge < -0.3 is 9.42 Å². The minimum Gasteiger partial charge on any atom is -0.339 e. The first-order valence-corrected chi connectivity index (χ1v) is 9.58. The number of likely N-dealkylation sites (tertiary alicyclic amines) is 1. The van der Waals surface area contributed by atoms with E-state index in [-0.39, 0.29) is 11.9 Å². The number of aryl methyl sites for hydroxylation is 3. The molecular formula is C17H24N4O2S. The van der Waals surface area contributed by atoms with Crippen molar-refractivity contribution in [2.75, 3.05) is 6.54 Å². The lowest BCUT2D eigenvalue weighted by Crippen LogP contribution is -2.38. The Bertz CT molecular complexity index is 682. The van der Waals surface area contributed by atoms with Gasteiger partial charge in [-0.15, -0.1) is 11.3 Å². The quantitative estimate of drug-likeness (QED) is 0.799. The van der Waals surface area contributed by atoms with E-state index in [9.17, 15) is 4.79 Å². The molecule has 1 atom stereocenters. The van der Waals surface area contributed by atoms with Crippen molar-refractivity contribution >= 4 is 17.2 Å². The standard InChI is InChI=1S/C17H24N4O2S/c1-3-6-14-19-15(23-20-14)8-9-16(22)21-10-5-4-7-13(21)17-18-12(2)11-24-17/h11,13H,3-10H2,1-2H3. The van der Waals surface area contributed by atoms with Crippen LogP contribution in [0.15, 0.2) is 9.90 Å². The Hall–Kier alpha value is -1.76. The summed E-state index contributed by atoms with van der Waals surface area (Å²) < 4.78 is 5.23. The molecule has 1 fully saturated rings. The lowest BCUT2D eigenvalue weighted by molar-refractivity contribution is -0.135. The number of carbonyl (C=O) groups excluding carboxylic acids is 1. The molecule has 2 aromatic heterocycles. The van der Waals surface area contributed by atoms with Gasteiger partial charge in [0.05, 0.1) is 6.04 Å². The fraction of sp³-hybridized carbons (Fsp3) is 0.647. The molecule has 130 valence electrons. The molecule has 0 aromatic carbocycles. The molecule has 0 saturated carbocycles. The van der Waals surface area contributed by atoms with Gasteiger partial charge in [0.25, 0.3) is 0 Å². The second kappa shape index (κ2) is 7.88. The zero-order valence-corrected chi connectivity index (χ0v) is 15.1. The number of amides is 1. The molecule has 3 heterocycles. The van der Waals surface area contributed by atoms with E-state index in [1.165, 1.54) is 0 Å². The first-order valence-electron chi connectivity index (χ1n) is 8.70. The van der Waals surface area contributed by atoms with Crippen molar-refractivity contribution in [3.05, 3.63) is 27.8 Å². The summed E-state index contributed by atoms with van der Waals surface area (Å²) in [6, 6.07) is 0.128. The Morgan fingerprint density at radius 3 is 3.00 bits per heavy atom. The van der Waals surface area contributed by atoms with Crippen molar-refractivity contribution in [3.63, 3.8) is 0 Å². The number of piperidine rings is 1. The van der Waals surface area contributed by atoms with Gasteiger partial charge in [0, 0.05) is 36.9 Å². The van der Waals surface area contributed by atoms with Crippen LogP contribution in [-0.4, -0.2) is 32.5 Å². The molecule has 6 nitrogen and oxygen atoms in total. The smallest absolute Gasteiger partial charge is 0.227 e. The zero-order chi connectivity index (χ0) is 16.9. The van der Waals surface area contributed by atoms with Gasteiger partial charge in [-0.2, -0.15) is 4.98 Å². The fourth-order valence-corrected chi connectivity index (χ4v) is 4.03. The zero-order valence-electron chi connectivity index (χ0n) is 14.3. The molecular weight excluding hydrogens is 324 g/mol. The van der Waals surface area contributed by atoms with Gasteiger partial charge >= 0.3 is 0 Å². The highest BCUT2D eigenvalue weighted by molar-refractivity contribution is 7.09. The molecule has 3 rings (SSSR count). The third kappa shape index (κ3) is 4.01. The number of carbonyl (C=O) groups is 1. The van der Waals surface area contributed by atoms with Crippen LogP contribution in [0, 0.1) is 6.92 Å². The fourth-order valence-electron chi connectivity index (χ4n) is 3.09. The molecule has 1 amide bonds. The van der Waals surface area contributed by atoms with Crippen LogP contribution in [0.2, 0.25) is 0 Å². The van der Waals surface area contributed by atoms with Crippen molar-refractivity contribution in [1.29, 1.82) is 0 Å². The molecule has 0 bridgehead atoms. The molecule has 7 heteroatoms. The first-order chi connectivity index (χ1) is 11.7. The lowest BCUT2D eigenvalue weighted by atomic mass is 10.0. The van der Waals surface area contributed by atoms with Crippen molar-refractivity contribution in [2.45, 2.75) is 64.8 Å². The summed E-state index contributed by atoms with van der Waals surface area (Å²) in [6.45, 7) is 4.89. The highest BCUT2D eigenvalue weighted by atomic mass is 32.1. The van der Waals surface area contributed by atoms with E-state index in [4.69, 9.17) is 4.52 Å². The van der Waals surface area contributed by atoms with Gasteiger partial charge in [-0.3, -0.25) is 4.79 Å². The van der Waals surface area contributed by atoms with Crippen LogP contribution in [0.25, 0.3) is 0 Å². The van der Waals surface area contributed by atoms with Gasteiger partial charge in [0.2, 0.25) is 11.8 Å². The monoisotopic (exact) mass is 348 g/mol. The molecule has 1 aliphatic heterocycles. The van der Waals surface area contributed by atoms with E-state index < -0.39 is 0 Å². The van der Waals surface area contributed by atoms with Crippen LogP contribution in [0.3, 0.4) is 0 Å². The van der Waals surface area contributed by atoms with Crippen LogP contribution in [0.5, 0.6) is 0 Å². The number of nitrogens with zero attached hydrogens (tertiary/aromatic N) is 4. The summed E-state index contributed by atoms with van der Waals surface area (Å²) in [5.74, 6) is 1.45. The Morgan fingerprint density at radius 2 is 2.25 bits per heavy atom. The van der Waals surface area contributed by atoms with Crippen LogP contribution in [0.1, 0.15) is 67.5 Å². The van der Waals surface area contributed by atoms with Gasteiger partial charge in [-0.05, 0) is 32.6 Å². The predicted molar refractivity (Wildman–Crippen MR) is 91.8 cm³/mol. The summed E-state index contributed by atoms with van der Waals surface area (Å²) >= 11 is 1.65. The van der Waals surface area contributed by atoms with Crippen LogP contribution in [0.4, 0.5) is 0 Å². The average molecular weight is 348 g/mol. The van der Waals surface area contributed by atoms with E-state index in [1.807, 2.05) is 11.8 Å². The number of rotatable bonds is 6. The van der Waals surface area contributed by atoms with Crippen molar-refractivity contribution in [3.8, 4) is 0 Å². The topological polar surface area (TPSA) is 72.1 Å². The minimum absolute atomic E-state index is 0.128. The highest BCUT2D eigenvalue weighted by Crippen LogP contribution is 2.33. The van der Waals surface area contributed by atoms with Gasteiger partial charge in [-0.25, -0.2) is 4.98 Å². The van der Waals surface area contributed by atoms with Crippen molar-refractivity contribution < 1.29 is 9.32 Å². The van der Waals surface area contributed by atoms with Crippen LogP contribution in [-0.2, 0) is 17.6 Å². The Kier molecular flexibility index (Phi) is 5.60. The number of hydrogen-bond acceptors (Lipinski definition) is 6. The molecule has 0 aliphatic carbocycles. The maximum Gasteiger partial charge on any atom is 0.227 e. The molecule has 1 saturated heterocycles. The van der Waals surface area contributed by atoms with Crippen LogP contribution < -0.4 is 0 Å². The Morgan fingerprint density at radius 1 is 1.38 bits per heavy atom. The molecule has 24 heavy (non-hydrogen) atoms. The van der Waals surface area contributed by atoms with Crippen LogP contribution >= 0.6 is 11.3 Å². The van der Waals surface area contributed by atoms with Gasteiger partial charge in [-0.1, -0.05) is 12.1 Å². The molecule has 1 aliphatic rings. The summed E-state index contributed by atoms with van der Waals surface area (Å²) in [4.78, 5) is 23.6. The summed E-state index contributed by atoms with van der Waals surface area (Å²) in [7, 11) is 0.